The molecule has 3 atom stereocenters. The van der Waals surface area contributed by atoms with E-state index in [1.807, 2.05) is 0 Å². The van der Waals surface area contributed by atoms with Gasteiger partial charge in [-0.3, -0.25) is 9.59 Å². The average Bonchev–Trinajstić information content (AvgIpc) is 3.05. The largest absolute Gasteiger partial charge is 0.368 e. The second-order valence-corrected chi connectivity index (χ2v) is 7.67. The normalized spacial score (nSPS) is 24.3. The van der Waals surface area contributed by atoms with Crippen molar-refractivity contribution < 1.29 is 18.4 Å². The van der Waals surface area contributed by atoms with Crippen molar-refractivity contribution >= 4 is 23.2 Å². The van der Waals surface area contributed by atoms with E-state index in [9.17, 15) is 18.4 Å². The summed E-state index contributed by atoms with van der Waals surface area (Å²) in [6.07, 6.45) is 1.44. The van der Waals surface area contributed by atoms with E-state index in [4.69, 9.17) is 5.73 Å². The first-order valence-corrected chi connectivity index (χ1v) is 8.73. The minimum Gasteiger partial charge on any atom is -0.368 e. The van der Waals surface area contributed by atoms with Gasteiger partial charge in [0.25, 0.3) is 5.91 Å². The summed E-state index contributed by atoms with van der Waals surface area (Å²) in [7, 11) is 0. The Balaban J connectivity index is 1.74. The molecule has 2 fully saturated rings. The lowest BCUT2D eigenvalue weighted by Crippen LogP contribution is -2.46. The fourth-order valence-electron chi connectivity index (χ4n) is 3.53. The van der Waals surface area contributed by atoms with Crippen LogP contribution in [0.2, 0.25) is 0 Å². The number of hydrogen-bond acceptors (Lipinski definition) is 4. The second-order valence-electron chi connectivity index (χ2n) is 6.47. The predicted molar refractivity (Wildman–Crippen MR) is 87.9 cm³/mol. The Kier molecular flexibility index (Phi) is 3.61. The zero-order valence-corrected chi connectivity index (χ0v) is 14.1. The standard InChI is InChI=1S/C17H15F2N3O2S/c1-7-21-14(15(25-7)8-2-3-10(18)11(19)4-8)17(24)22-12-5-9(12)6-13(22)16(20)23/h2-4,9,12-13H,5-6H2,1H3,(H2,20,23)/t9-,12+,13+/m1/s1. The Morgan fingerprint density at radius 2 is 2.04 bits per heavy atom. The van der Waals surface area contributed by atoms with E-state index >= 15 is 0 Å². The average molecular weight is 363 g/mol. The predicted octanol–water partition coefficient (Wildman–Crippen LogP) is 2.49. The number of aromatic nitrogens is 1. The third-order valence-corrected chi connectivity index (χ3v) is 5.81. The number of amides is 2. The van der Waals surface area contributed by atoms with Gasteiger partial charge in [0.05, 0.1) is 9.88 Å². The molecule has 2 amide bonds. The highest BCUT2D eigenvalue weighted by Gasteiger charge is 2.56. The number of carbonyl (C=O) groups excluding carboxylic acids is 2. The van der Waals surface area contributed by atoms with Crippen LogP contribution >= 0.6 is 11.3 Å². The van der Waals surface area contributed by atoms with E-state index in [1.54, 1.807) is 6.92 Å². The van der Waals surface area contributed by atoms with Crippen molar-refractivity contribution in [3.63, 3.8) is 0 Å². The number of nitrogens with two attached hydrogens (primary N) is 1. The minimum absolute atomic E-state index is 0.0183. The summed E-state index contributed by atoms with van der Waals surface area (Å²) in [5.74, 6) is -2.53. The van der Waals surface area contributed by atoms with Crippen LogP contribution in [-0.4, -0.2) is 33.8 Å². The molecule has 25 heavy (non-hydrogen) atoms. The topological polar surface area (TPSA) is 76.3 Å². The Morgan fingerprint density at radius 1 is 1.28 bits per heavy atom. The molecule has 2 aliphatic rings. The number of piperidine rings is 1. The third-order valence-electron chi connectivity index (χ3n) is 4.79. The van der Waals surface area contributed by atoms with E-state index < -0.39 is 23.6 Å². The Bertz CT molecular complexity index is 898. The van der Waals surface area contributed by atoms with Gasteiger partial charge < -0.3 is 10.6 Å². The van der Waals surface area contributed by atoms with Crippen LogP contribution < -0.4 is 5.73 Å². The van der Waals surface area contributed by atoms with Gasteiger partial charge in [-0.05, 0) is 43.4 Å². The molecule has 0 spiro atoms. The van der Waals surface area contributed by atoms with Gasteiger partial charge >= 0.3 is 0 Å². The first-order valence-electron chi connectivity index (χ1n) is 7.91. The number of fused-ring (bicyclic) bond motifs is 1. The number of aryl methyl sites for hydroxylation is 1. The summed E-state index contributed by atoms with van der Waals surface area (Å²) in [4.78, 5) is 31.0. The molecule has 1 aromatic heterocycles. The molecule has 130 valence electrons. The molecule has 1 aromatic carbocycles. The quantitative estimate of drug-likeness (QED) is 0.910. The lowest BCUT2D eigenvalue weighted by molar-refractivity contribution is -0.122. The van der Waals surface area contributed by atoms with Crippen LogP contribution in [0.15, 0.2) is 18.2 Å². The summed E-state index contributed by atoms with van der Waals surface area (Å²) in [5.41, 5.74) is 5.98. The number of rotatable bonds is 3. The van der Waals surface area contributed by atoms with Crippen LogP contribution in [0.3, 0.4) is 0 Å². The maximum Gasteiger partial charge on any atom is 0.274 e. The molecule has 8 heteroatoms. The lowest BCUT2D eigenvalue weighted by Gasteiger charge is -2.24. The van der Waals surface area contributed by atoms with E-state index in [0.29, 0.717) is 27.8 Å². The van der Waals surface area contributed by atoms with Crippen molar-refractivity contribution in [2.75, 3.05) is 0 Å². The summed E-state index contributed by atoms with van der Waals surface area (Å²) < 4.78 is 26.8. The molecule has 1 aliphatic carbocycles. The molecule has 1 aliphatic heterocycles. The summed E-state index contributed by atoms with van der Waals surface area (Å²) in [6.45, 7) is 1.74. The van der Waals surface area contributed by atoms with E-state index in [1.165, 1.54) is 22.3 Å². The van der Waals surface area contributed by atoms with Crippen molar-refractivity contribution in [3.05, 3.63) is 40.5 Å². The van der Waals surface area contributed by atoms with E-state index in [0.717, 1.165) is 18.6 Å². The lowest BCUT2D eigenvalue weighted by atomic mass is 10.1. The van der Waals surface area contributed by atoms with Crippen LogP contribution in [0.4, 0.5) is 8.78 Å². The fraction of sp³-hybridized carbons (Fsp3) is 0.353. The molecule has 2 aromatic rings. The highest BCUT2D eigenvalue weighted by atomic mass is 32.1. The maximum absolute atomic E-state index is 13.6. The molecule has 0 radical (unpaired) electrons. The van der Waals surface area contributed by atoms with Crippen molar-refractivity contribution in [1.82, 2.24) is 9.88 Å². The number of thiazole rings is 1. The number of halogens is 2. The molecule has 2 heterocycles. The summed E-state index contributed by atoms with van der Waals surface area (Å²) in [6, 6.07) is 2.87. The third kappa shape index (κ3) is 2.60. The van der Waals surface area contributed by atoms with E-state index in [-0.39, 0.29) is 17.6 Å². The minimum atomic E-state index is -0.986. The van der Waals surface area contributed by atoms with Gasteiger partial charge in [-0.15, -0.1) is 11.3 Å². The molecule has 1 saturated heterocycles. The van der Waals surface area contributed by atoms with Crippen LogP contribution in [0, 0.1) is 24.5 Å². The van der Waals surface area contributed by atoms with Crippen LogP contribution in [0.5, 0.6) is 0 Å². The molecule has 0 bridgehead atoms. The number of carbonyl (C=O) groups is 2. The van der Waals surface area contributed by atoms with Gasteiger partial charge in [0.1, 0.15) is 11.7 Å². The first-order chi connectivity index (χ1) is 11.9. The van der Waals surface area contributed by atoms with Gasteiger partial charge in [-0.25, -0.2) is 13.8 Å². The molecular weight excluding hydrogens is 348 g/mol. The molecule has 4 rings (SSSR count). The number of nitrogens with zero attached hydrogens (tertiary/aromatic N) is 2. The van der Waals surface area contributed by atoms with Gasteiger partial charge in [-0.2, -0.15) is 0 Å². The Hall–Kier alpha value is -2.35. The summed E-state index contributed by atoms with van der Waals surface area (Å²) in [5, 5.41) is 0.630. The van der Waals surface area contributed by atoms with Crippen molar-refractivity contribution in [2.24, 2.45) is 11.7 Å². The highest BCUT2D eigenvalue weighted by Crippen LogP contribution is 2.48. The fourth-order valence-corrected chi connectivity index (χ4v) is 4.44. The van der Waals surface area contributed by atoms with Crippen LogP contribution in [0.25, 0.3) is 10.4 Å². The van der Waals surface area contributed by atoms with E-state index in [2.05, 4.69) is 4.98 Å². The maximum atomic E-state index is 13.6. The molecule has 2 N–H and O–H groups in total. The van der Waals surface area contributed by atoms with Gasteiger partial charge in [0, 0.05) is 6.04 Å². The zero-order chi connectivity index (χ0) is 17.9. The van der Waals surface area contributed by atoms with Crippen LogP contribution in [0.1, 0.15) is 28.3 Å². The van der Waals surface area contributed by atoms with Gasteiger partial charge in [-0.1, -0.05) is 6.07 Å². The Morgan fingerprint density at radius 3 is 2.72 bits per heavy atom. The SMILES string of the molecule is Cc1nc(C(=O)N2[C@H](C(N)=O)C[C@H]3C[C@@H]32)c(-c2ccc(F)c(F)c2)s1. The molecular formula is C17H15F2N3O2S. The molecule has 5 nitrogen and oxygen atoms in total. The van der Waals surface area contributed by atoms with Crippen molar-refractivity contribution in [3.8, 4) is 10.4 Å². The number of benzene rings is 1. The van der Waals surface area contributed by atoms with Gasteiger partial charge in [0.2, 0.25) is 5.91 Å². The second kappa shape index (κ2) is 5.59. The Labute approximate surface area is 146 Å². The first kappa shape index (κ1) is 16.1. The summed E-state index contributed by atoms with van der Waals surface area (Å²) >= 11 is 1.23. The molecule has 1 saturated carbocycles. The number of likely N-dealkylation sites (tertiary alicyclic amines) is 1. The number of primary amides is 1. The zero-order valence-electron chi connectivity index (χ0n) is 13.3. The van der Waals surface area contributed by atoms with Crippen molar-refractivity contribution in [2.45, 2.75) is 31.8 Å². The van der Waals surface area contributed by atoms with Crippen molar-refractivity contribution in [1.29, 1.82) is 0 Å². The smallest absolute Gasteiger partial charge is 0.274 e. The van der Waals surface area contributed by atoms with Crippen LogP contribution in [-0.2, 0) is 4.79 Å². The van der Waals surface area contributed by atoms with Gasteiger partial charge in [0.15, 0.2) is 11.6 Å². The monoisotopic (exact) mass is 363 g/mol. The molecule has 0 unspecified atom stereocenters. The highest BCUT2D eigenvalue weighted by molar-refractivity contribution is 7.15. The number of hydrogen-bond donors (Lipinski definition) is 1.